The zero-order valence-electron chi connectivity index (χ0n) is 12.8. The molecule has 0 aliphatic carbocycles. The third-order valence-corrected chi connectivity index (χ3v) is 6.30. The average Bonchev–Trinajstić information content (AvgIpc) is 3.13. The summed E-state index contributed by atoms with van der Waals surface area (Å²) < 4.78 is 41.5. The van der Waals surface area contributed by atoms with Crippen LogP contribution in [0.15, 0.2) is 23.6 Å². The Balaban J connectivity index is 1.77. The summed E-state index contributed by atoms with van der Waals surface area (Å²) >= 11 is 1.19. The van der Waals surface area contributed by atoms with Crippen LogP contribution in [0.25, 0.3) is 11.3 Å². The number of nitrogens with one attached hydrogen (secondary N) is 1. The molecule has 1 amide bonds. The number of carbonyl (C=O) groups excluding carboxylic acids is 1. The van der Waals surface area contributed by atoms with Crippen molar-refractivity contribution in [1.29, 1.82) is 0 Å². The maximum Gasteiger partial charge on any atom is 0.230 e. The van der Waals surface area contributed by atoms with Gasteiger partial charge in [-0.15, -0.1) is 11.3 Å². The van der Waals surface area contributed by atoms with E-state index in [2.05, 4.69) is 10.3 Å². The van der Waals surface area contributed by atoms with E-state index in [0.29, 0.717) is 28.6 Å². The van der Waals surface area contributed by atoms with Crippen LogP contribution in [0.1, 0.15) is 6.42 Å². The molecule has 24 heavy (non-hydrogen) atoms. The molecule has 1 aliphatic heterocycles. The van der Waals surface area contributed by atoms with Gasteiger partial charge in [-0.25, -0.2) is 17.8 Å². The summed E-state index contributed by atoms with van der Waals surface area (Å²) in [5.41, 5.74) is 0.961. The van der Waals surface area contributed by atoms with E-state index < -0.39 is 21.6 Å². The van der Waals surface area contributed by atoms with Gasteiger partial charge in [-0.05, 0) is 24.6 Å². The van der Waals surface area contributed by atoms with Crippen molar-refractivity contribution in [3.05, 3.63) is 29.4 Å². The molecule has 9 heteroatoms. The molecular weight excluding hydrogens is 355 g/mol. The molecule has 1 unspecified atom stereocenters. The Morgan fingerprint density at radius 3 is 2.92 bits per heavy atom. The summed E-state index contributed by atoms with van der Waals surface area (Å²) in [7, 11) is -1.64. The average molecular weight is 370 g/mol. The highest BCUT2D eigenvalue weighted by atomic mass is 32.2. The lowest BCUT2D eigenvalue weighted by Gasteiger charge is -2.07. The minimum absolute atomic E-state index is 0.0364. The van der Waals surface area contributed by atoms with E-state index >= 15 is 0 Å². The number of hydrogen-bond acceptors (Lipinski definition) is 6. The molecule has 3 rings (SSSR count). The highest BCUT2D eigenvalue weighted by molar-refractivity contribution is 7.91. The van der Waals surface area contributed by atoms with Gasteiger partial charge in [0.05, 0.1) is 30.2 Å². The quantitative estimate of drug-likeness (QED) is 0.893. The second kappa shape index (κ2) is 6.48. The van der Waals surface area contributed by atoms with E-state index in [1.54, 1.807) is 5.38 Å². The molecule has 0 spiro atoms. The zero-order valence-corrected chi connectivity index (χ0v) is 14.4. The van der Waals surface area contributed by atoms with E-state index in [-0.39, 0.29) is 17.4 Å². The number of amides is 1. The standard InChI is InChI=1S/C15H15FN2O4S2/c1-22-13-3-2-10(16)6-11(13)12-7-23-15(17-12)18-14(19)9-4-5-24(20,21)8-9/h2-3,6-7,9H,4-5,8H2,1H3,(H,17,18,19). The van der Waals surface area contributed by atoms with Crippen molar-refractivity contribution in [3.63, 3.8) is 0 Å². The van der Waals surface area contributed by atoms with Crippen molar-refractivity contribution in [2.24, 2.45) is 5.92 Å². The number of aromatic nitrogens is 1. The van der Waals surface area contributed by atoms with Crippen molar-refractivity contribution in [2.45, 2.75) is 6.42 Å². The van der Waals surface area contributed by atoms with Crippen LogP contribution < -0.4 is 10.1 Å². The lowest BCUT2D eigenvalue weighted by atomic mass is 10.1. The van der Waals surface area contributed by atoms with Crippen LogP contribution >= 0.6 is 11.3 Å². The molecule has 128 valence electrons. The Hall–Kier alpha value is -2.00. The van der Waals surface area contributed by atoms with Crippen molar-refractivity contribution in [2.75, 3.05) is 23.9 Å². The molecule has 2 heterocycles. The highest BCUT2D eigenvalue weighted by Crippen LogP contribution is 2.33. The number of nitrogens with zero attached hydrogens (tertiary/aromatic N) is 1. The monoisotopic (exact) mass is 370 g/mol. The fraction of sp³-hybridized carbons (Fsp3) is 0.333. The molecule has 1 aromatic carbocycles. The summed E-state index contributed by atoms with van der Waals surface area (Å²) in [5, 5.41) is 4.65. The molecular formula is C15H15FN2O4S2. The maximum atomic E-state index is 13.5. The van der Waals surface area contributed by atoms with Gasteiger partial charge in [-0.1, -0.05) is 0 Å². The van der Waals surface area contributed by atoms with Gasteiger partial charge in [-0.3, -0.25) is 4.79 Å². The minimum atomic E-state index is -3.12. The Bertz CT molecular complexity index is 879. The Morgan fingerprint density at radius 2 is 2.25 bits per heavy atom. The number of hydrogen-bond donors (Lipinski definition) is 1. The van der Waals surface area contributed by atoms with E-state index in [4.69, 9.17) is 4.74 Å². The predicted molar refractivity (Wildman–Crippen MR) is 89.5 cm³/mol. The summed E-state index contributed by atoms with van der Waals surface area (Å²) in [5.74, 6) is -0.944. The Labute approximate surface area is 142 Å². The molecule has 1 aromatic heterocycles. The van der Waals surface area contributed by atoms with Gasteiger partial charge in [0, 0.05) is 10.9 Å². The lowest BCUT2D eigenvalue weighted by Crippen LogP contribution is -2.23. The van der Waals surface area contributed by atoms with Gasteiger partial charge >= 0.3 is 0 Å². The molecule has 6 nitrogen and oxygen atoms in total. The number of thiazole rings is 1. The van der Waals surface area contributed by atoms with E-state index in [1.165, 1.54) is 36.6 Å². The fourth-order valence-electron chi connectivity index (χ4n) is 2.54. The number of carbonyl (C=O) groups is 1. The second-order valence-electron chi connectivity index (χ2n) is 5.47. The first-order valence-electron chi connectivity index (χ1n) is 7.19. The summed E-state index contributed by atoms with van der Waals surface area (Å²) in [6.07, 6.45) is 0.324. The summed E-state index contributed by atoms with van der Waals surface area (Å²) in [6.45, 7) is 0. The molecule has 0 radical (unpaired) electrons. The molecule has 1 saturated heterocycles. The first-order chi connectivity index (χ1) is 11.4. The van der Waals surface area contributed by atoms with Crippen molar-refractivity contribution >= 4 is 32.2 Å². The van der Waals surface area contributed by atoms with E-state index in [0.717, 1.165) is 0 Å². The summed E-state index contributed by atoms with van der Waals surface area (Å²) in [4.78, 5) is 16.4. The molecule has 2 aromatic rings. The van der Waals surface area contributed by atoms with Gasteiger partial charge in [0.25, 0.3) is 0 Å². The molecule has 0 bridgehead atoms. The number of anilines is 1. The molecule has 1 aliphatic rings. The third kappa shape index (κ3) is 3.57. The highest BCUT2D eigenvalue weighted by Gasteiger charge is 2.33. The fourth-order valence-corrected chi connectivity index (χ4v) is 5.00. The van der Waals surface area contributed by atoms with Gasteiger partial charge in [0.2, 0.25) is 5.91 Å². The number of ether oxygens (including phenoxy) is 1. The number of methoxy groups -OCH3 is 1. The Kier molecular flexibility index (Phi) is 4.55. The van der Waals surface area contributed by atoms with Crippen molar-refractivity contribution < 1.29 is 22.3 Å². The van der Waals surface area contributed by atoms with Gasteiger partial charge < -0.3 is 10.1 Å². The van der Waals surface area contributed by atoms with Crippen molar-refractivity contribution in [1.82, 2.24) is 4.98 Å². The topological polar surface area (TPSA) is 85.4 Å². The van der Waals surface area contributed by atoms with Gasteiger partial charge in [0.1, 0.15) is 11.6 Å². The number of sulfone groups is 1. The van der Waals surface area contributed by atoms with Crippen LogP contribution in [0.2, 0.25) is 0 Å². The second-order valence-corrected chi connectivity index (χ2v) is 8.56. The van der Waals surface area contributed by atoms with Crippen LogP contribution in [0.3, 0.4) is 0 Å². The molecule has 1 N–H and O–H groups in total. The minimum Gasteiger partial charge on any atom is -0.496 e. The zero-order chi connectivity index (χ0) is 17.3. The predicted octanol–water partition coefficient (Wildman–Crippen LogP) is 2.33. The maximum absolute atomic E-state index is 13.5. The molecule has 1 atom stereocenters. The van der Waals surface area contributed by atoms with Crippen LogP contribution in [-0.4, -0.2) is 37.9 Å². The number of halogens is 1. The Morgan fingerprint density at radius 1 is 1.46 bits per heavy atom. The number of rotatable bonds is 4. The van der Waals surface area contributed by atoms with Gasteiger partial charge in [0.15, 0.2) is 15.0 Å². The van der Waals surface area contributed by atoms with E-state index in [9.17, 15) is 17.6 Å². The molecule has 0 saturated carbocycles. The van der Waals surface area contributed by atoms with Crippen LogP contribution in [0.5, 0.6) is 5.75 Å². The first-order valence-corrected chi connectivity index (χ1v) is 9.89. The van der Waals surface area contributed by atoms with Crippen LogP contribution in [0, 0.1) is 11.7 Å². The third-order valence-electron chi connectivity index (χ3n) is 3.78. The smallest absolute Gasteiger partial charge is 0.230 e. The van der Waals surface area contributed by atoms with E-state index in [1.807, 2.05) is 0 Å². The SMILES string of the molecule is COc1ccc(F)cc1-c1csc(NC(=O)C2CCS(=O)(=O)C2)n1. The van der Waals surface area contributed by atoms with Gasteiger partial charge in [-0.2, -0.15) is 0 Å². The lowest BCUT2D eigenvalue weighted by molar-refractivity contribution is -0.119. The summed E-state index contributed by atoms with van der Waals surface area (Å²) in [6, 6.07) is 4.10. The van der Waals surface area contributed by atoms with Crippen molar-refractivity contribution in [3.8, 4) is 17.0 Å². The van der Waals surface area contributed by atoms with Crippen LogP contribution in [-0.2, 0) is 14.6 Å². The number of benzene rings is 1. The first kappa shape index (κ1) is 16.8. The molecule has 1 fully saturated rings. The largest absolute Gasteiger partial charge is 0.496 e. The van der Waals surface area contributed by atoms with Crippen LogP contribution in [0.4, 0.5) is 9.52 Å². The normalized spacial score (nSPS) is 19.2.